The van der Waals surface area contributed by atoms with Gasteiger partial charge in [0.05, 0.1) is 10.7 Å². The molecule has 1 atom stereocenters. The Hall–Kier alpha value is -1.58. The van der Waals surface area contributed by atoms with Crippen molar-refractivity contribution in [2.45, 2.75) is 19.9 Å². The number of nitrogens with one attached hydrogen (secondary N) is 1. The van der Waals surface area contributed by atoms with Crippen LogP contribution < -0.4 is 10.2 Å². The summed E-state index contributed by atoms with van der Waals surface area (Å²) in [4.78, 5) is 1.95. The minimum atomic E-state index is -0.243. The van der Waals surface area contributed by atoms with Gasteiger partial charge in [-0.15, -0.1) is 0 Å². The molecule has 0 amide bonds. The van der Waals surface area contributed by atoms with Crippen molar-refractivity contribution in [3.8, 4) is 0 Å². The predicted octanol–water partition coefficient (Wildman–Crippen LogP) is 4.92. The second-order valence-electron chi connectivity index (χ2n) is 5.03. The molecule has 0 bridgehead atoms. The van der Waals surface area contributed by atoms with Crippen LogP contribution in [-0.4, -0.2) is 13.6 Å². The van der Waals surface area contributed by atoms with Crippen molar-refractivity contribution in [1.29, 1.82) is 0 Å². The fraction of sp³-hybridized carbons (Fsp3) is 0.294. The quantitative estimate of drug-likeness (QED) is 0.843. The average Bonchev–Trinajstić information content (AvgIpc) is 2.47. The summed E-state index contributed by atoms with van der Waals surface area (Å²) in [7, 11) is 1.92. The predicted molar refractivity (Wildman–Crippen MR) is 88.0 cm³/mol. The van der Waals surface area contributed by atoms with Crippen LogP contribution in [0.5, 0.6) is 0 Å². The van der Waals surface area contributed by atoms with Gasteiger partial charge in [0.15, 0.2) is 0 Å². The number of hydrogen-bond acceptors (Lipinski definition) is 2. The summed E-state index contributed by atoms with van der Waals surface area (Å²) in [6.45, 7) is 5.10. The lowest BCUT2D eigenvalue weighted by Crippen LogP contribution is -2.18. The van der Waals surface area contributed by atoms with E-state index in [9.17, 15) is 4.39 Å². The molecule has 0 saturated heterocycles. The van der Waals surface area contributed by atoms with E-state index in [0.717, 1.165) is 23.5 Å². The van der Waals surface area contributed by atoms with Crippen LogP contribution in [0, 0.1) is 5.82 Å². The van der Waals surface area contributed by atoms with Gasteiger partial charge < -0.3 is 10.2 Å². The monoisotopic (exact) mass is 306 g/mol. The highest BCUT2D eigenvalue weighted by Gasteiger charge is 2.11. The molecule has 0 aliphatic rings. The van der Waals surface area contributed by atoms with E-state index in [1.807, 2.05) is 24.1 Å². The van der Waals surface area contributed by atoms with Crippen molar-refractivity contribution < 1.29 is 4.39 Å². The molecule has 21 heavy (non-hydrogen) atoms. The highest BCUT2D eigenvalue weighted by molar-refractivity contribution is 6.33. The minimum Gasteiger partial charge on any atom is -0.343 e. The molecule has 2 aromatic rings. The molecule has 4 heteroatoms. The highest BCUT2D eigenvalue weighted by Crippen LogP contribution is 2.32. The summed E-state index contributed by atoms with van der Waals surface area (Å²) in [5.74, 6) is -0.243. The van der Waals surface area contributed by atoms with Gasteiger partial charge in [0.1, 0.15) is 5.82 Å². The Kier molecular flexibility index (Phi) is 5.21. The van der Waals surface area contributed by atoms with E-state index in [1.54, 1.807) is 12.1 Å². The summed E-state index contributed by atoms with van der Waals surface area (Å²) in [5.41, 5.74) is 2.94. The molecule has 0 radical (unpaired) electrons. The van der Waals surface area contributed by atoms with Crippen molar-refractivity contribution in [3.05, 3.63) is 58.9 Å². The molecular formula is C17H20ClFN2. The second kappa shape index (κ2) is 6.92. The van der Waals surface area contributed by atoms with Gasteiger partial charge in [-0.2, -0.15) is 0 Å². The zero-order valence-corrected chi connectivity index (χ0v) is 13.3. The fourth-order valence-corrected chi connectivity index (χ4v) is 2.61. The summed E-state index contributed by atoms with van der Waals surface area (Å²) < 4.78 is 13.0. The van der Waals surface area contributed by atoms with E-state index in [-0.39, 0.29) is 11.9 Å². The number of anilines is 2. The summed E-state index contributed by atoms with van der Waals surface area (Å²) in [6, 6.07) is 12.7. The van der Waals surface area contributed by atoms with Crippen molar-refractivity contribution >= 4 is 23.0 Å². The maximum atomic E-state index is 13.0. The molecule has 0 saturated carbocycles. The number of hydrogen-bond donors (Lipinski definition) is 1. The first-order valence-corrected chi connectivity index (χ1v) is 7.43. The van der Waals surface area contributed by atoms with Crippen LogP contribution in [0.25, 0.3) is 0 Å². The van der Waals surface area contributed by atoms with Gasteiger partial charge in [-0.25, -0.2) is 4.39 Å². The Balaban J connectivity index is 2.26. The Morgan fingerprint density at radius 1 is 1.19 bits per heavy atom. The van der Waals surface area contributed by atoms with Crippen molar-refractivity contribution in [2.75, 3.05) is 18.5 Å². The minimum absolute atomic E-state index is 0.243. The number of rotatable bonds is 5. The lowest BCUT2D eigenvalue weighted by molar-refractivity contribution is 0.598. The van der Waals surface area contributed by atoms with Crippen molar-refractivity contribution in [1.82, 2.24) is 5.32 Å². The smallest absolute Gasteiger partial charge is 0.123 e. The first-order valence-electron chi connectivity index (χ1n) is 7.05. The second-order valence-corrected chi connectivity index (χ2v) is 5.43. The lowest BCUT2D eigenvalue weighted by atomic mass is 10.1. The van der Waals surface area contributed by atoms with Gasteiger partial charge in [-0.1, -0.05) is 24.6 Å². The van der Waals surface area contributed by atoms with Crippen LogP contribution in [0.15, 0.2) is 42.5 Å². The molecule has 0 heterocycles. The van der Waals surface area contributed by atoms with Gasteiger partial charge in [0.2, 0.25) is 0 Å². The van der Waals surface area contributed by atoms with Crippen LogP contribution in [0.2, 0.25) is 5.02 Å². The topological polar surface area (TPSA) is 15.3 Å². The first kappa shape index (κ1) is 15.8. The molecule has 0 spiro atoms. The molecule has 1 unspecified atom stereocenters. The molecule has 0 aliphatic heterocycles. The molecule has 2 rings (SSSR count). The fourth-order valence-electron chi connectivity index (χ4n) is 2.29. The molecule has 2 nitrogen and oxygen atoms in total. The molecule has 1 N–H and O–H groups in total. The molecule has 0 aliphatic carbocycles. The molecular weight excluding hydrogens is 287 g/mol. The van der Waals surface area contributed by atoms with Gasteiger partial charge in [0, 0.05) is 18.8 Å². The number of nitrogens with zero attached hydrogens (tertiary/aromatic N) is 1. The molecule has 112 valence electrons. The van der Waals surface area contributed by atoms with Crippen molar-refractivity contribution in [2.24, 2.45) is 0 Å². The normalized spacial score (nSPS) is 12.2. The Bertz CT molecular complexity index is 598. The maximum Gasteiger partial charge on any atom is 0.123 e. The third kappa shape index (κ3) is 3.74. The van der Waals surface area contributed by atoms with Crippen LogP contribution >= 0.6 is 11.6 Å². The van der Waals surface area contributed by atoms with Gasteiger partial charge in [0.25, 0.3) is 0 Å². The largest absolute Gasteiger partial charge is 0.343 e. The van der Waals surface area contributed by atoms with E-state index >= 15 is 0 Å². The van der Waals surface area contributed by atoms with Gasteiger partial charge >= 0.3 is 0 Å². The third-order valence-corrected chi connectivity index (χ3v) is 3.86. The molecule has 0 fully saturated rings. The van der Waals surface area contributed by atoms with E-state index in [1.165, 1.54) is 12.1 Å². The standard InChI is InChI=1S/C17H20ClFN2/c1-4-20-12(2)13-5-10-17(16(18)11-13)21(3)15-8-6-14(19)7-9-15/h5-12,20H,4H2,1-3H3. The zero-order chi connectivity index (χ0) is 15.4. The highest BCUT2D eigenvalue weighted by atomic mass is 35.5. The summed E-state index contributed by atoms with van der Waals surface area (Å²) in [5, 5.41) is 4.05. The number of halogens is 2. The Morgan fingerprint density at radius 2 is 1.86 bits per heavy atom. The van der Waals surface area contributed by atoms with Gasteiger partial charge in [-0.3, -0.25) is 0 Å². The summed E-state index contributed by atoms with van der Waals surface area (Å²) >= 11 is 6.41. The Morgan fingerprint density at radius 3 is 2.43 bits per heavy atom. The SMILES string of the molecule is CCNC(C)c1ccc(N(C)c2ccc(F)cc2)c(Cl)c1. The van der Waals surface area contributed by atoms with E-state index in [2.05, 4.69) is 25.2 Å². The van der Waals surface area contributed by atoms with Crippen LogP contribution in [0.3, 0.4) is 0 Å². The molecule has 2 aromatic carbocycles. The van der Waals surface area contributed by atoms with Crippen molar-refractivity contribution in [3.63, 3.8) is 0 Å². The summed E-state index contributed by atoms with van der Waals surface area (Å²) in [6.07, 6.45) is 0. The van der Waals surface area contributed by atoms with Crippen LogP contribution in [0.4, 0.5) is 15.8 Å². The first-order chi connectivity index (χ1) is 10.0. The third-order valence-electron chi connectivity index (χ3n) is 3.56. The van der Waals surface area contributed by atoms with E-state index in [4.69, 9.17) is 11.6 Å². The van der Waals surface area contributed by atoms with E-state index < -0.39 is 0 Å². The molecule has 0 aromatic heterocycles. The van der Waals surface area contributed by atoms with Gasteiger partial charge in [-0.05, 0) is 55.4 Å². The Labute approximate surface area is 130 Å². The lowest BCUT2D eigenvalue weighted by Gasteiger charge is -2.22. The number of benzene rings is 2. The zero-order valence-electron chi connectivity index (χ0n) is 12.5. The van der Waals surface area contributed by atoms with Crippen LogP contribution in [0.1, 0.15) is 25.5 Å². The average molecular weight is 307 g/mol. The van der Waals surface area contributed by atoms with E-state index in [0.29, 0.717) is 5.02 Å². The maximum absolute atomic E-state index is 13.0. The van der Waals surface area contributed by atoms with Crippen LogP contribution in [-0.2, 0) is 0 Å².